The molecular weight excluding hydrogens is 425 g/mol. The van der Waals surface area contributed by atoms with Crippen molar-refractivity contribution in [3.8, 4) is 11.4 Å². The van der Waals surface area contributed by atoms with Gasteiger partial charge in [0.15, 0.2) is 17.1 Å². The van der Waals surface area contributed by atoms with Crippen molar-refractivity contribution < 1.29 is 13.2 Å². The average Bonchev–Trinajstić information content (AvgIpc) is 3.21. The molecule has 0 bridgehead atoms. The molecule has 1 N–H and O–H groups in total. The minimum Gasteiger partial charge on any atom is -0.284 e. The molecule has 2 heterocycles. The van der Waals surface area contributed by atoms with Gasteiger partial charge >= 0.3 is 6.18 Å². The average molecular weight is 442 g/mol. The molecule has 11 heteroatoms. The van der Waals surface area contributed by atoms with Gasteiger partial charge in [-0.3, -0.25) is 19.4 Å². The number of nitrogens with zero attached hydrogens (tertiary/aromatic N) is 5. The summed E-state index contributed by atoms with van der Waals surface area (Å²) in [5.74, 6) is 0. The van der Waals surface area contributed by atoms with E-state index in [1.807, 2.05) is 0 Å². The fourth-order valence-electron chi connectivity index (χ4n) is 3.25. The van der Waals surface area contributed by atoms with Crippen molar-refractivity contribution in [1.82, 2.24) is 19.1 Å². The van der Waals surface area contributed by atoms with E-state index in [0.29, 0.717) is 11.4 Å². The Hall–Kier alpha value is -4.15. The molecule has 0 aliphatic rings. The number of hydrogen-bond donors (Lipinski definition) is 1. The van der Waals surface area contributed by atoms with Gasteiger partial charge in [0, 0.05) is 7.05 Å². The molecule has 0 spiro atoms. The zero-order valence-corrected chi connectivity index (χ0v) is 17.0. The van der Waals surface area contributed by atoms with Crippen LogP contribution in [0.15, 0.2) is 80.5 Å². The van der Waals surface area contributed by atoms with Gasteiger partial charge in [-0.1, -0.05) is 36.4 Å². The van der Waals surface area contributed by atoms with E-state index in [2.05, 4.69) is 15.3 Å². The molecule has 0 aliphatic carbocycles. The topological polar surface area (TPSA) is 89.4 Å². The van der Waals surface area contributed by atoms with Crippen LogP contribution in [0.5, 0.6) is 0 Å². The van der Waals surface area contributed by atoms with Crippen molar-refractivity contribution in [3.05, 3.63) is 92.8 Å². The van der Waals surface area contributed by atoms with Crippen LogP contribution in [0.3, 0.4) is 0 Å². The number of aromatic amines is 1. The second kappa shape index (κ2) is 7.84. The number of para-hydroxylation sites is 2. The molecule has 2 aromatic heterocycles. The first kappa shape index (κ1) is 21.1. The van der Waals surface area contributed by atoms with Gasteiger partial charge in [0.2, 0.25) is 0 Å². The van der Waals surface area contributed by atoms with Gasteiger partial charge in [-0.25, -0.2) is 9.36 Å². The zero-order chi connectivity index (χ0) is 23.0. The van der Waals surface area contributed by atoms with Gasteiger partial charge in [-0.05, 0) is 31.2 Å². The summed E-state index contributed by atoms with van der Waals surface area (Å²) >= 11 is 0. The first-order chi connectivity index (χ1) is 15.2. The number of hydrogen-bond acceptors (Lipinski definition) is 4. The van der Waals surface area contributed by atoms with Crippen LogP contribution in [0.1, 0.15) is 11.4 Å². The lowest BCUT2D eigenvalue weighted by atomic mass is 10.3. The lowest BCUT2D eigenvalue weighted by molar-refractivity contribution is -0.140. The maximum absolute atomic E-state index is 13.6. The third-order valence-corrected chi connectivity index (χ3v) is 4.94. The van der Waals surface area contributed by atoms with Crippen LogP contribution in [-0.4, -0.2) is 19.1 Å². The monoisotopic (exact) mass is 442 g/mol. The molecule has 32 heavy (non-hydrogen) atoms. The summed E-state index contributed by atoms with van der Waals surface area (Å²) in [5.41, 5.74) is -2.95. The number of alkyl halides is 3. The van der Waals surface area contributed by atoms with Crippen LogP contribution in [-0.2, 0) is 13.2 Å². The van der Waals surface area contributed by atoms with Crippen LogP contribution >= 0.6 is 0 Å². The van der Waals surface area contributed by atoms with E-state index in [9.17, 15) is 22.8 Å². The van der Waals surface area contributed by atoms with E-state index in [0.717, 1.165) is 4.68 Å². The molecule has 2 aromatic carbocycles. The highest BCUT2D eigenvalue weighted by atomic mass is 19.4. The summed E-state index contributed by atoms with van der Waals surface area (Å²) in [5, 5.41) is 9.39. The molecule has 0 fully saturated rings. The third kappa shape index (κ3) is 3.57. The van der Waals surface area contributed by atoms with Crippen molar-refractivity contribution in [2.45, 2.75) is 13.1 Å². The first-order valence-electron chi connectivity index (χ1n) is 9.43. The fourth-order valence-corrected chi connectivity index (χ4v) is 3.25. The largest absolute Gasteiger partial charge is 0.435 e. The molecule has 0 saturated carbocycles. The number of nitrogens with one attached hydrogen (secondary N) is 1. The minimum absolute atomic E-state index is 0.170. The quantitative estimate of drug-likeness (QED) is 0.475. The lowest BCUT2D eigenvalue weighted by Crippen LogP contribution is -2.19. The molecule has 0 unspecified atom stereocenters. The van der Waals surface area contributed by atoms with E-state index in [1.54, 1.807) is 62.5 Å². The van der Waals surface area contributed by atoms with Gasteiger partial charge in [-0.15, -0.1) is 10.2 Å². The standard InChI is InChI=1S/C21H17F3N6O2/c1-13-16(20(32)30(28(13)2)15-11-7-4-8-12-15)25-26-17-18(21(22,23)24)27-29(19(17)31)14-9-5-3-6-10-14/h3-12,27H,1-2H3. The van der Waals surface area contributed by atoms with Crippen molar-refractivity contribution in [2.24, 2.45) is 17.3 Å². The highest BCUT2D eigenvalue weighted by Gasteiger charge is 2.38. The van der Waals surface area contributed by atoms with Gasteiger partial charge in [-0.2, -0.15) is 13.2 Å². The zero-order valence-electron chi connectivity index (χ0n) is 17.0. The predicted octanol–water partition coefficient (Wildman–Crippen LogP) is 4.40. The highest BCUT2D eigenvalue weighted by Crippen LogP contribution is 2.34. The van der Waals surface area contributed by atoms with Gasteiger partial charge in [0.1, 0.15) is 0 Å². The molecule has 164 valence electrons. The van der Waals surface area contributed by atoms with Crippen LogP contribution in [0.2, 0.25) is 0 Å². The Kier molecular flexibility index (Phi) is 5.17. The van der Waals surface area contributed by atoms with Crippen molar-refractivity contribution >= 4 is 11.4 Å². The Bertz CT molecular complexity index is 1410. The van der Waals surface area contributed by atoms with Gasteiger partial charge in [0.25, 0.3) is 11.1 Å². The molecule has 8 nitrogen and oxygen atoms in total. The van der Waals surface area contributed by atoms with Crippen LogP contribution in [0, 0.1) is 6.92 Å². The number of aromatic nitrogens is 4. The Balaban J connectivity index is 1.86. The number of azo groups is 1. The van der Waals surface area contributed by atoms with E-state index < -0.39 is 28.7 Å². The second-order valence-electron chi connectivity index (χ2n) is 6.92. The summed E-state index contributed by atoms with van der Waals surface area (Å²) in [6, 6.07) is 16.4. The number of halogens is 3. The molecule has 4 rings (SSSR count). The number of rotatable bonds is 4. The van der Waals surface area contributed by atoms with Crippen LogP contribution in [0.4, 0.5) is 24.5 Å². The molecule has 0 radical (unpaired) electrons. The molecule has 0 saturated heterocycles. The van der Waals surface area contributed by atoms with Crippen LogP contribution < -0.4 is 11.1 Å². The van der Waals surface area contributed by atoms with E-state index in [-0.39, 0.29) is 11.4 Å². The van der Waals surface area contributed by atoms with E-state index in [1.165, 1.54) is 21.5 Å². The number of H-pyrrole nitrogens is 1. The van der Waals surface area contributed by atoms with Gasteiger partial charge in [0.05, 0.1) is 17.1 Å². The summed E-state index contributed by atoms with van der Waals surface area (Å²) in [6.45, 7) is 1.58. The van der Waals surface area contributed by atoms with Gasteiger partial charge < -0.3 is 0 Å². The summed E-state index contributed by atoms with van der Waals surface area (Å²) in [4.78, 5) is 25.6. The van der Waals surface area contributed by atoms with Crippen molar-refractivity contribution in [3.63, 3.8) is 0 Å². The smallest absolute Gasteiger partial charge is 0.284 e. The lowest BCUT2D eigenvalue weighted by Gasteiger charge is -2.07. The molecular formula is C21H17F3N6O2. The Morgan fingerprint density at radius 1 is 0.812 bits per heavy atom. The number of benzene rings is 2. The predicted molar refractivity (Wildman–Crippen MR) is 111 cm³/mol. The Morgan fingerprint density at radius 2 is 1.34 bits per heavy atom. The van der Waals surface area contributed by atoms with Crippen LogP contribution in [0.25, 0.3) is 11.4 Å². The maximum Gasteiger partial charge on any atom is 0.435 e. The molecule has 4 aromatic rings. The van der Waals surface area contributed by atoms with Crippen molar-refractivity contribution in [1.29, 1.82) is 0 Å². The highest BCUT2D eigenvalue weighted by molar-refractivity contribution is 5.48. The molecule has 0 atom stereocenters. The summed E-state index contributed by atoms with van der Waals surface area (Å²) < 4.78 is 44.3. The summed E-state index contributed by atoms with van der Waals surface area (Å²) in [6.07, 6.45) is -4.89. The normalized spacial score (nSPS) is 12.0. The SMILES string of the molecule is Cc1c(N=Nc2c(C(F)(F)F)[nH]n(-c3ccccc3)c2=O)c(=O)n(-c2ccccc2)n1C. The molecule has 0 aliphatic heterocycles. The fraction of sp³-hybridized carbons (Fsp3) is 0.143. The second-order valence-corrected chi connectivity index (χ2v) is 6.92. The maximum atomic E-state index is 13.6. The van der Waals surface area contributed by atoms with E-state index >= 15 is 0 Å². The first-order valence-corrected chi connectivity index (χ1v) is 9.43. The minimum atomic E-state index is -4.89. The van der Waals surface area contributed by atoms with Crippen molar-refractivity contribution in [2.75, 3.05) is 0 Å². The Morgan fingerprint density at radius 3 is 1.91 bits per heavy atom. The van der Waals surface area contributed by atoms with E-state index in [4.69, 9.17) is 0 Å². The summed E-state index contributed by atoms with van der Waals surface area (Å²) in [7, 11) is 1.61. The molecule has 0 amide bonds. The third-order valence-electron chi connectivity index (χ3n) is 4.94. The Labute approximate surface area is 178 Å².